The number of rotatable bonds is 17. The largest absolute Gasteiger partial charge is 0.462 e. The van der Waals surface area contributed by atoms with E-state index in [0.717, 1.165) is 36.0 Å². The maximum Gasteiger partial charge on any atom is 0.306 e. The topological polar surface area (TPSA) is 123 Å². The number of aliphatic hydroxyl groups is 2. The van der Waals surface area contributed by atoms with Crippen molar-refractivity contribution in [1.82, 2.24) is 0 Å². The minimum Gasteiger partial charge on any atom is -0.462 e. The van der Waals surface area contributed by atoms with E-state index in [9.17, 15) is 24.6 Å². The highest BCUT2D eigenvalue weighted by Crippen LogP contribution is 2.67. The van der Waals surface area contributed by atoms with Crippen molar-refractivity contribution in [3.8, 4) is 0 Å². The van der Waals surface area contributed by atoms with Crippen LogP contribution in [0.3, 0.4) is 0 Å². The van der Waals surface area contributed by atoms with Gasteiger partial charge in [0.05, 0.1) is 17.3 Å². The Bertz CT molecular complexity index is 1710. The minimum absolute atomic E-state index is 0.0634. The van der Waals surface area contributed by atoms with Gasteiger partial charge in [0.1, 0.15) is 18.3 Å². The van der Waals surface area contributed by atoms with Gasteiger partial charge in [-0.25, -0.2) is 0 Å². The molecule has 0 aromatic carbocycles. The van der Waals surface area contributed by atoms with Gasteiger partial charge in [-0.05, 0) is 81.9 Å². The molecule has 8 heteroatoms. The molecule has 0 aromatic rings. The van der Waals surface area contributed by atoms with Gasteiger partial charge in [-0.1, -0.05) is 119 Å². The first kappa shape index (κ1) is 46.6. The molecule has 1 saturated heterocycles. The predicted octanol–water partition coefficient (Wildman–Crippen LogP) is 9.80. The number of unbranched alkanes of at least 4 members (excludes halogenated alkanes) is 2. The molecule has 3 aliphatic rings. The van der Waals surface area contributed by atoms with Crippen LogP contribution in [0.15, 0.2) is 100 Å². The minimum atomic E-state index is -1.23. The van der Waals surface area contributed by atoms with Crippen molar-refractivity contribution < 1.29 is 38.8 Å². The van der Waals surface area contributed by atoms with E-state index in [2.05, 4.69) is 26.5 Å². The first-order valence-electron chi connectivity index (χ1n) is 20.2. The van der Waals surface area contributed by atoms with Gasteiger partial charge in [0.15, 0.2) is 5.78 Å². The third-order valence-corrected chi connectivity index (χ3v) is 11.4. The molecule has 0 unspecified atom stereocenters. The molecule has 56 heavy (non-hydrogen) atoms. The summed E-state index contributed by atoms with van der Waals surface area (Å²) in [5, 5.41) is 21.7. The molecular formula is C48H68O8. The molecule has 1 aliphatic heterocycles. The lowest BCUT2D eigenvalue weighted by Gasteiger charge is -2.44. The molecule has 0 bridgehead atoms. The van der Waals surface area contributed by atoms with Crippen LogP contribution in [0.2, 0.25) is 0 Å². The molecule has 2 N–H and O–H groups in total. The van der Waals surface area contributed by atoms with Crippen LogP contribution in [0.5, 0.6) is 0 Å². The maximum absolute atomic E-state index is 13.2. The van der Waals surface area contributed by atoms with Crippen molar-refractivity contribution in [3.63, 3.8) is 0 Å². The van der Waals surface area contributed by atoms with Gasteiger partial charge < -0.3 is 24.4 Å². The summed E-state index contributed by atoms with van der Waals surface area (Å²) >= 11 is 0. The normalized spacial score (nSPS) is 29.3. The lowest BCUT2D eigenvalue weighted by atomic mass is 9.61. The Morgan fingerprint density at radius 2 is 1.46 bits per heavy atom. The van der Waals surface area contributed by atoms with Gasteiger partial charge in [0, 0.05) is 38.2 Å². The number of hydrogen-bond donors (Lipinski definition) is 2. The summed E-state index contributed by atoms with van der Waals surface area (Å²) in [6, 6.07) is 0. The van der Waals surface area contributed by atoms with E-state index >= 15 is 0 Å². The fraction of sp³-hybridized carbons (Fsp3) is 0.583. The summed E-state index contributed by atoms with van der Waals surface area (Å²) in [7, 11) is 0. The molecule has 0 radical (unpaired) electrons. The zero-order valence-electron chi connectivity index (χ0n) is 35.9. The zero-order chi connectivity index (χ0) is 42.0. The predicted molar refractivity (Wildman–Crippen MR) is 224 cm³/mol. The second-order valence-corrected chi connectivity index (χ2v) is 17.8. The van der Waals surface area contributed by atoms with Crippen LogP contribution in [0.1, 0.15) is 134 Å². The molecule has 0 aromatic heterocycles. The van der Waals surface area contributed by atoms with Crippen LogP contribution >= 0.6 is 0 Å². The molecule has 2 saturated carbocycles. The van der Waals surface area contributed by atoms with E-state index in [4.69, 9.17) is 14.2 Å². The summed E-state index contributed by atoms with van der Waals surface area (Å²) in [4.78, 5) is 37.2. The second kappa shape index (κ2) is 19.6. The third kappa shape index (κ3) is 12.9. The Morgan fingerprint density at radius 3 is 2.04 bits per heavy atom. The Morgan fingerprint density at radius 1 is 0.839 bits per heavy atom. The molecule has 3 fully saturated rings. The number of esters is 2. The van der Waals surface area contributed by atoms with Gasteiger partial charge in [0.25, 0.3) is 0 Å². The molecule has 2 aliphatic carbocycles. The smallest absolute Gasteiger partial charge is 0.306 e. The Kier molecular flexibility index (Phi) is 16.3. The Hall–Kier alpha value is -3.81. The molecule has 308 valence electrons. The molecule has 3 rings (SSSR count). The second-order valence-electron chi connectivity index (χ2n) is 17.8. The molecular weight excluding hydrogens is 705 g/mol. The van der Waals surface area contributed by atoms with Gasteiger partial charge in [-0.3, -0.25) is 14.4 Å². The number of ether oxygens (including phenoxy) is 3. The van der Waals surface area contributed by atoms with Crippen LogP contribution in [-0.2, 0) is 28.6 Å². The fourth-order valence-electron chi connectivity index (χ4n) is 8.55. The summed E-state index contributed by atoms with van der Waals surface area (Å²) in [6.07, 6.45) is 25.8. The monoisotopic (exact) mass is 772 g/mol. The average Bonchev–Trinajstić information content (AvgIpc) is 3.68. The van der Waals surface area contributed by atoms with E-state index in [1.54, 1.807) is 13.0 Å². The number of aliphatic hydroxyl groups excluding tert-OH is 1. The van der Waals surface area contributed by atoms with Crippen LogP contribution < -0.4 is 0 Å². The zero-order valence-corrected chi connectivity index (χ0v) is 35.9. The molecule has 5 atom stereocenters. The lowest BCUT2D eigenvalue weighted by Crippen LogP contribution is -2.48. The van der Waals surface area contributed by atoms with E-state index in [-0.39, 0.29) is 42.3 Å². The highest BCUT2D eigenvalue weighted by atomic mass is 16.6. The number of epoxide rings is 1. The Labute approximate surface area is 336 Å². The Balaban J connectivity index is 1.67. The van der Waals surface area contributed by atoms with Crippen molar-refractivity contribution in [3.05, 3.63) is 100 Å². The summed E-state index contributed by atoms with van der Waals surface area (Å²) in [5.74, 6) is -0.548. The first-order chi connectivity index (χ1) is 26.1. The van der Waals surface area contributed by atoms with Crippen molar-refractivity contribution in [2.24, 2.45) is 10.8 Å². The summed E-state index contributed by atoms with van der Waals surface area (Å²) in [6.45, 7) is 21.3. The molecule has 0 spiro atoms. The van der Waals surface area contributed by atoms with Crippen LogP contribution in [-0.4, -0.2) is 63.6 Å². The van der Waals surface area contributed by atoms with E-state index in [0.29, 0.717) is 43.3 Å². The van der Waals surface area contributed by atoms with E-state index in [1.165, 1.54) is 6.92 Å². The highest BCUT2D eigenvalue weighted by Gasteiger charge is 2.76. The standard InChI is InChI=1S/C48H68O8/c1-12-13-14-25-43(52)54-33-38(26-27-42-44(6,7)30-40(55-37(5)49)31-46(42,10)53)24-18-22-35(3)20-16-15-19-34(2)21-17-23-36(4)41(51)32-48-45(8,9)28-39(50)29-47(48,11)56-48/h15-24,26,39-40,50,53H,12-14,25,28-33H2,1-11H3/b16-15+,21-17+,22-18+,34-19+,35-20+,36-23+,38-24-/t27?,39-,40+,46-,47-,48+/m0/s1. The number of ketones is 1. The maximum atomic E-state index is 13.2. The van der Waals surface area contributed by atoms with Gasteiger partial charge in [-0.15, -0.1) is 5.73 Å². The molecule has 0 amide bonds. The number of Topliss-reactive ketones (excluding diaryl/α,β-unsaturated/α-hetero) is 1. The molecule has 1 heterocycles. The van der Waals surface area contributed by atoms with Crippen molar-refractivity contribution >= 4 is 17.7 Å². The van der Waals surface area contributed by atoms with E-state index < -0.39 is 28.3 Å². The number of fused-ring (bicyclic) bond motifs is 1. The van der Waals surface area contributed by atoms with Crippen LogP contribution in [0.25, 0.3) is 0 Å². The summed E-state index contributed by atoms with van der Waals surface area (Å²) < 4.78 is 17.3. The number of hydrogen-bond acceptors (Lipinski definition) is 8. The van der Waals surface area contributed by atoms with Gasteiger partial charge in [-0.2, -0.15) is 0 Å². The first-order valence-corrected chi connectivity index (χ1v) is 20.2. The molecule has 8 nitrogen and oxygen atoms in total. The van der Waals surface area contributed by atoms with Gasteiger partial charge in [0.2, 0.25) is 0 Å². The fourth-order valence-corrected chi connectivity index (χ4v) is 8.55. The highest BCUT2D eigenvalue weighted by molar-refractivity contribution is 5.96. The van der Waals surface area contributed by atoms with Crippen molar-refractivity contribution in [1.29, 1.82) is 0 Å². The third-order valence-electron chi connectivity index (χ3n) is 11.4. The average molecular weight is 773 g/mol. The SMILES string of the molecule is CCCCCC(=O)OC\C(C=C=C1C(C)(C)C[C@@H](OC(C)=O)C[C@]1(C)O)=C/C=C/C(C)=C/C=C/C=C(C)/C=C/C=C(\C)C(=O)C[C@]12O[C@@]1(C)C[C@@H](O)CC2(C)C. The quantitative estimate of drug-likeness (QED) is 0.0374. The number of allylic oxidation sites excluding steroid dienone is 13. The van der Waals surface area contributed by atoms with Crippen molar-refractivity contribution in [2.45, 2.75) is 163 Å². The van der Waals surface area contributed by atoms with Crippen molar-refractivity contribution in [2.75, 3.05) is 6.61 Å². The van der Waals surface area contributed by atoms with Gasteiger partial charge >= 0.3 is 11.9 Å². The van der Waals surface area contributed by atoms with E-state index in [1.807, 2.05) is 102 Å². The number of carbonyl (C=O) groups is 3. The summed E-state index contributed by atoms with van der Waals surface area (Å²) in [5.41, 5.74) is 4.50. The lowest BCUT2D eigenvalue weighted by molar-refractivity contribution is -0.152. The van der Waals surface area contributed by atoms with Crippen LogP contribution in [0.4, 0.5) is 0 Å². The van der Waals surface area contributed by atoms with Crippen LogP contribution in [0, 0.1) is 10.8 Å². The number of carbonyl (C=O) groups excluding carboxylic acids is 3.